The van der Waals surface area contributed by atoms with Crippen molar-refractivity contribution in [2.75, 3.05) is 6.54 Å². The summed E-state index contributed by atoms with van der Waals surface area (Å²) in [6.07, 6.45) is 10.2. The highest BCUT2D eigenvalue weighted by atomic mass is 14.9. The molecule has 2 fully saturated rings. The molecular weight excluding hydrogens is 182 g/mol. The zero-order chi connectivity index (χ0) is 10.7. The van der Waals surface area contributed by atoms with Gasteiger partial charge in [-0.05, 0) is 43.6 Å². The van der Waals surface area contributed by atoms with Gasteiger partial charge < -0.3 is 5.32 Å². The summed E-state index contributed by atoms with van der Waals surface area (Å²) in [5.74, 6) is 2.85. The molecule has 15 heavy (non-hydrogen) atoms. The van der Waals surface area contributed by atoms with Crippen molar-refractivity contribution in [1.82, 2.24) is 5.32 Å². The van der Waals surface area contributed by atoms with E-state index < -0.39 is 0 Å². The second-order valence-electron chi connectivity index (χ2n) is 5.94. The second kappa shape index (κ2) is 5.34. The summed E-state index contributed by atoms with van der Waals surface area (Å²) in [6.45, 7) is 6.15. The molecule has 4 unspecified atom stereocenters. The molecule has 0 bridgehead atoms. The van der Waals surface area contributed by atoms with Crippen molar-refractivity contribution in [2.45, 2.75) is 64.8 Å². The van der Waals surface area contributed by atoms with Crippen LogP contribution in [0.5, 0.6) is 0 Å². The van der Waals surface area contributed by atoms with Gasteiger partial charge in [-0.15, -0.1) is 0 Å². The standard InChI is InChI=1S/C14H27N/c1-11-6-3-4-8-13(11)10-15-14-9-5-7-12(14)2/h11-15H,3-10H2,1-2H3. The molecule has 1 nitrogen and oxygen atoms in total. The minimum Gasteiger partial charge on any atom is -0.313 e. The molecule has 0 aromatic rings. The van der Waals surface area contributed by atoms with Crippen molar-refractivity contribution in [1.29, 1.82) is 0 Å². The maximum Gasteiger partial charge on any atom is 0.00928 e. The fraction of sp³-hybridized carbons (Fsp3) is 1.00. The molecule has 88 valence electrons. The van der Waals surface area contributed by atoms with Gasteiger partial charge in [-0.2, -0.15) is 0 Å². The predicted octanol–water partition coefficient (Wildman–Crippen LogP) is 3.59. The number of hydrogen-bond acceptors (Lipinski definition) is 1. The van der Waals surface area contributed by atoms with Crippen LogP contribution in [-0.4, -0.2) is 12.6 Å². The van der Waals surface area contributed by atoms with E-state index in [2.05, 4.69) is 19.2 Å². The zero-order valence-electron chi connectivity index (χ0n) is 10.5. The first-order valence-corrected chi connectivity index (χ1v) is 7.00. The third kappa shape index (κ3) is 2.96. The Labute approximate surface area is 95.0 Å². The predicted molar refractivity (Wildman–Crippen MR) is 65.9 cm³/mol. The van der Waals surface area contributed by atoms with Crippen molar-refractivity contribution in [3.05, 3.63) is 0 Å². The molecule has 0 heterocycles. The molecule has 4 atom stereocenters. The normalized spacial score (nSPS) is 42.0. The van der Waals surface area contributed by atoms with Crippen LogP contribution in [0.15, 0.2) is 0 Å². The summed E-state index contributed by atoms with van der Waals surface area (Å²) < 4.78 is 0. The minimum atomic E-state index is 0.833. The average molecular weight is 209 g/mol. The van der Waals surface area contributed by atoms with Crippen LogP contribution in [0.1, 0.15) is 58.8 Å². The van der Waals surface area contributed by atoms with Crippen molar-refractivity contribution < 1.29 is 0 Å². The number of nitrogens with one attached hydrogen (secondary N) is 1. The molecule has 0 radical (unpaired) electrons. The first kappa shape index (κ1) is 11.4. The fourth-order valence-electron chi connectivity index (χ4n) is 3.45. The Hall–Kier alpha value is -0.0400. The van der Waals surface area contributed by atoms with Gasteiger partial charge in [0.25, 0.3) is 0 Å². The molecule has 0 aromatic heterocycles. The highest BCUT2D eigenvalue weighted by Gasteiger charge is 2.26. The Morgan fingerprint density at radius 1 is 0.867 bits per heavy atom. The Morgan fingerprint density at radius 3 is 2.27 bits per heavy atom. The molecule has 0 aromatic carbocycles. The van der Waals surface area contributed by atoms with Crippen LogP contribution >= 0.6 is 0 Å². The Morgan fingerprint density at radius 2 is 1.60 bits per heavy atom. The minimum absolute atomic E-state index is 0.833. The SMILES string of the molecule is CC1CCCCC1CNC1CCCC1C. The molecular formula is C14H27N. The van der Waals surface area contributed by atoms with Gasteiger partial charge >= 0.3 is 0 Å². The van der Waals surface area contributed by atoms with E-state index in [1.54, 1.807) is 0 Å². The van der Waals surface area contributed by atoms with Crippen LogP contribution in [0, 0.1) is 17.8 Å². The molecule has 1 heteroatoms. The van der Waals surface area contributed by atoms with Crippen molar-refractivity contribution in [2.24, 2.45) is 17.8 Å². The lowest BCUT2D eigenvalue weighted by Crippen LogP contribution is -2.37. The topological polar surface area (TPSA) is 12.0 Å². The number of hydrogen-bond donors (Lipinski definition) is 1. The van der Waals surface area contributed by atoms with Crippen LogP contribution in [0.2, 0.25) is 0 Å². The molecule has 2 rings (SSSR count). The van der Waals surface area contributed by atoms with E-state index in [1.807, 2.05) is 0 Å². The molecule has 0 aliphatic heterocycles. The van der Waals surface area contributed by atoms with E-state index in [1.165, 1.54) is 51.5 Å². The monoisotopic (exact) mass is 209 g/mol. The molecule has 1 N–H and O–H groups in total. The van der Waals surface area contributed by atoms with Crippen LogP contribution in [-0.2, 0) is 0 Å². The van der Waals surface area contributed by atoms with E-state index in [4.69, 9.17) is 0 Å². The largest absolute Gasteiger partial charge is 0.313 e. The lowest BCUT2D eigenvalue weighted by Gasteiger charge is -2.30. The molecule has 0 saturated heterocycles. The Bertz CT molecular complexity index is 190. The van der Waals surface area contributed by atoms with Crippen LogP contribution < -0.4 is 5.32 Å². The highest BCUT2D eigenvalue weighted by molar-refractivity contribution is 4.82. The summed E-state index contributed by atoms with van der Waals surface area (Å²) in [5.41, 5.74) is 0. The third-order valence-corrected chi connectivity index (χ3v) is 4.79. The summed E-state index contributed by atoms with van der Waals surface area (Å²) in [5, 5.41) is 3.83. The van der Waals surface area contributed by atoms with Crippen LogP contribution in [0.25, 0.3) is 0 Å². The van der Waals surface area contributed by atoms with Crippen molar-refractivity contribution in [3.63, 3.8) is 0 Å². The van der Waals surface area contributed by atoms with Gasteiger partial charge in [-0.3, -0.25) is 0 Å². The maximum atomic E-state index is 3.83. The van der Waals surface area contributed by atoms with Gasteiger partial charge in [-0.1, -0.05) is 39.5 Å². The molecule has 2 aliphatic carbocycles. The fourth-order valence-corrected chi connectivity index (χ4v) is 3.45. The van der Waals surface area contributed by atoms with Gasteiger partial charge in [0.2, 0.25) is 0 Å². The lowest BCUT2D eigenvalue weighted by molar-refractivity contribution is 0.235. The zero-order valence-corrected chi connectivity index (χ0v) is 10.5. The van der Waals surface area contributed by atoms with Crippen LogP contribution in [0.4, 0.5) is 0 Å². The first-order valence-electron chi connectivity index (χ1n) is 7.00. The van der Waals surface area contributed by atoms with E-state index in [-0.39, 0.29) is 0 Å². The van der Waals surface area contributed by atoms with Crippen LogP contribution in [0.3, 0.4) is 0 Å². The summed E-state index contributed by atoms with van der Waals surface area (Å²) in [4.78, 5) is 0. The summed E-state index contributed by atoms with van der Waals surface area (Å²) in [7, 11) is 0. The maximum absolute atomic E-state index is 3.83. The summed E-state index contributed by atoms with van der Waals surface area (Å²) >= 11 is 0. The van der Waals surface area contributed by atoms with E-state index in [0.717, 1.165) is 23.8 Å². The molecule has 0 amide bonds. The van der Waals surface area contributed by atoms with Gasteiger partial charge in [0.1, 0.15) is 0 Å². The molecule has 0 spiro atoms. The summed E-state index contributed by atoms with van der Waals surface area (Å²) in [6, 6.07) is 0.833. The van der Waals surface area contributed by atoms with Gasteiger partial charge in [-0.25, -0.2) is 0 Å². The second-order valence-corrected chi connectivity index (χ2v) is 5.94. The molecule has 2 aliphatic rings. The number of rotatable bonds is 3. The van der Waals surface area contributed by atoms with Gasteiger partial charge in [0.05, 0.1) is 0 Å². The highest BCUT2D eigenvalue weighted by Crippen LogP contribution is 2.30. The van der Waals surface area contributed by atoms with E-state index in [9.17, 15) is 0 Å². The van der Waals surface area contributed by atoms with E-state index >= 15 is 0 Å². The Balaban J connectivity index is 1.72. The van der Waals surface area contributed by atoms with E-state index in [0.29, 0.717) is 0 Å². The van der Waals surface area contributed by atoms with Crippen molar-refractivity contribution >= 4 is 0 Å². The van der Waals surface area contributed by atoms with Gasteiger partial charge in [0.15, 0.2) is 0 Å². The molecule has 2 saturated carbocycles. The third-order valence-electron chi connectivity index (χ3n) is 4.79. The average Bonchev–Trinajstić information content (AvgIpc) is 2.63. The smallest absolute Gasteiger partial charge is 0.00928 e. The first-order chi connectivity index (χ1) is 7.27. The lowest BCUT2D eigenvalue weighted by atomic mass is 9.80. The van der Waals surface area contributed by atoms with Gasteiger partial charge in [0, 0.05) is 6.04 Å². The quantitative estimate of drug-likeness (QED) is 0.749. The Kier molecular flexibility index (Phi) is 4.07. The van der Waals surface area contributed by atoms with Crippen molar-refractivity contribution in [3.8, 4) is 0 Å².